The Kier molecular flexibility index (Phi) is 10.0. The molecule has 1 amide bonds. The van der Waals surface area contributed by atoms with Crippen LogP contribution in [0.2, 0.25) is 0 Å². The Bertz CT molecular complexity index is 1530. The quantitative estimate of drug-likeness (QED) is 0.307. The zero-order valence-electron chi connectivity index (χ0n) is 24.2. The Labute approximate surface area is 250 Å². The molecule has 0 saturated carbocycles. The molecule has 1 saturated heterocycles. The molecule has 1 aromatic heterocycles. The summed E-state index contributed by atoms with van der Waals surface area (Å²) < 4.78 is 46.6. The zero-order valence-corrected chi connectivity index (χ0v) is 25.1. The Morgan fingerprint density at radius 2 is 1.70 bits per heavy atom. The largest absolute Gasteiger partial charge is 0.480 e. The van der Waals surface area contributed by atoms with Crippen molar-refractivity contribution in [1.29, 1.82) is 0 Å². The van der Waals surface area contributed by atoms with Crippen molar-refractivity contribution in [2.75, 3.05) is 47.7 Å². The first kappa shape index (κ1) is 31.5. The fourth-order valence-electron chi connectivity index (χ4n) is 4.62. The lowest BCUT2D eigenvalue weighted by molar-refractivity contribution is -0.137. The molecule has 0 unspecified atom stereocenters. The van der Waals surface area contributed by atoms with Gasteiger partial charge in [0.2, 0.25) is 5.95 Å². The number of nitrogens with one attached hydrogen (secondary N) is 1. The predicted octanol–water partition coefficient (Wildman–Crippen LogP) is 3.99. The van der Waals surface area contributed by atoms with Crippen molar-refractivity contribution < 1.29 is 32.2 Å². The molecular weight excluding hydrogens is 579 g/mol. The number of aliphatic carboxylic acids is 1. The molecule has 14 heteroatoms. The standard InChI is InChI=1S/C29H35FN6O6S/c1-4-35(5-2)28-31-19-25(34(3)43(40,41)23-14-10-21(30)11-15-23)26(33-28)32-24(27(37)38)18-20-8-12-22(13-9-20)42-29(39)36-16-6-7-17-36/h8-15,19,24H,4-7,16-18H2,1-3H3,(H,37,38)(H,31,32,33)/t24-/m0/s1. The predicted molar refractivity (Wildman–Crippen MR) is 160 cm³/mol. The first-order valence-electron chi connectivity index (χ1n) is 13.9. The molecule has 1 fully saturated rings. The minimum absolute atomic E-state index is 0.00588. The van der Waals surface area contributed by atoms with Crippen LogP contribution < -0.4 is 19.3 Å². The summed E-state index contributed by atoms with van der Waals surface area (Å²) in [4.78, 5) is 36.8. The van der Waals surface area contributed by atoms with Gasteiger partial charge in [-0.15, -0.1) is 0 Å². The van der Waals surface area contributed by atoms with Crippen LogP contribution in [0.15, 0.2) is 59.6 Å². The number of likely N-dealkylation sites (tertiary alicyclic amines) is 1. The first-order valence-corrected chi connectivity index (χ1v) is 15.4. The monoisotopic (exact) mass is 614 g/mol. The van der Waals surface area contributed by atoms with Gasteiger partial charge in [-0.3, -0.25) is 4.31 Å². The van der Waals surface area contributed by atoms with Crippen molar-refractivity contribution >= 4 is 39.5 Å². The highest BCUT2D eigenvalue weighted by molar-refractivity contribution is 7.92. The average Bonchev–Trinajstić information content (AvgIpc) is 3.54. The summed E-state index contributed by atoms with van der Waals surface area (Å²) in [5.74, 6) is -1.15. The van der Waals surface area contributed by atoms with Crippen LogP contribution in [-0.2, 0) is 21.2 Å². The molecule has 230 valence electrons. The van der Waals surface area contributed by atoms with Crippen molar-refractivity contribution in [2.24, 2.45) is 0 Å². The molecule has 1 atom stereocenters. The van der Waals surface area contributed by atoms with E-state index in [1.165, 1.54) is 13.2 Å². The highest BCUT2D eigenvalue weighted by atomic mass is 32.2. The summed E-state index contributed by atoms with van der Waals surface area (Å²) in [5.41, 5.74) is 0.642. The maximum atomic E-state index is 13.5. The number of sulfonamides is 1. The van der Waals surface area contributed by atoms with E-state index in [-0.39, 0.29) is 28.8 Å². The van der Waals surface area contributed by atoms with Crippen LogP contribution in [0.5, 0.6) is 5.75 Å². The first-order chi connectivity index (χ1) is 20.5. The number of halogens is 1. The van der Waals surface area contributed by atoms with Gasteiger partial charge in [0, 0.05) is 39.6 Å². The van der Waals surface area contributed by atoms with E-state index in [1.54, 1.807) is 29.2 Å². The second kappa shape index (κ2) is 13.7. The Morgan fingerprint density at radius 1 is 1.07 bits per heavy atom. The van der Waals surface area contributed by atoms with Gasteiger partial charge in [0.1, 0.15) is 23.3 Å². The molecule has 12 nitrogen and oxygen atoms in total. The molecule has 43 heavy (non-hydrogen) atoms. The molecular formula is C29H35FN6O6S. The third-order valence-corrected chi connectivity index (χ3v) is 8.94. The number of ether oxygens (including phenoxy) is 1. The summed E-state index contributed by atoms with van der Waals surface area (Å²) in [5, 5.41) is 13.0. The Balaban J connectivity index is 1.60. The number of carboxylic acids is 1. The minimum Gasteiger partial charge on any atom is -0.480 e. The number of amides is 1. The number of aromatic nitrogens is 2. The van der Waals surface area contributed by atoms with E-state index in [2.05, 4.69) is 15.3 Å². The molecule has 3 aromatic rings. The molecule has 2 N–H and O–H groups in total. The summed E-state index contributed by atoms with van der Waals surface area (Å²) in [7, 11) is -2.88. The van der Waals surface area contributed by atoms with Gasteiger partial charge in [-0.25, -0.2) is 27.4 Å². The molecule has 2 aromatic carbocycles. The fraction of sp³-hybridized carbons (Fsp3) is 0.379. The molecule has 0 spiro atoms. The van der Waals surface area contributed by atoms with Crippen LogP contribution in [0.4, 0.5) is 26.6 Å². The molecule has 1 aliphatic heterocycles. The van der Waals surface area contributed by atoms with Crippen molar-refractivity contribution in [3.05, 3.63) is 66.1 Å². The van der Waals surface area contributed by atoms with Crippen LogP contribution in [0.1, 0.15) is 32.3 Å². The van der Waals surface area contributed by atoms with Gasteiger partial charge in [0.05, 0.1) is 11.1 Å². The number of hydrogen-bond donors (Lipinski definition) is 2. The lowest BCUT2D eigenvalue weighted by Crippen LogP contribution is -2.35. The summed E-state index contributed by atoms with van der Waals surface area (Å²) in [6.07, 6.45) is 2.78. The number of rotatable bonds is 12. The van der Waals surface area contributed by atoms with Crippen LogP contribution in [0.25, 0.3) is 0 Å². The van der Waals surface area contributed by atoms with Gasteiger partial charge in [0.15, 0.2) is 5.82 Å². The van der Waals surface area contributed by atoms with E-state index in [0.717, 1.165) is 41.4 Å². The minimum atomic E-state index is -4.17. The topological polar surface area (TPSA) is 145 Å². The summed E-state index contributed by atoms with van der Waals surface area (Å²) >= 11 is 0. The second-order valence-corrected chi connectivity index (χ2v) is 11.9. The van der Waals surface area contributed by atoms with E-state index in [9.17, 15) is 27.5 Å². The van der Waals surface area contributed by atoms with E-state index in [1.807, 2.05) is 18.7 Å². The van der Waals surface area contributed by atoms with Crippen LogP contribution in [-0.4, -0.2) is 79.7 Å². The van der Waals surface area contributed by atoms with Crippen LogP contribution in [0.3, 0.4) is 0 Å². The zero-order chi connectivity index (χ0) is 31.1. The molecule has 0 radical (unpaired) electrons. The summed E-state index contributed by atoms with van der Waals surface area (Å²) in [6.45, 7) is 6.26. The van der Waals surface area contributed by atoms with Gasteiger partial charge in [0.25, 0.3) is 10.0 Å². The van der Waals surface area contributed by atoms with Crippen molar-refractivity contribution in [2.45, 2.75) is 44.0 Å². The molecule has 2 heterocycles. The number of nitrogens with zero attached hydrogens (tertiary/aromatic N) is 5. The van der Waals surface area contributed by atoms with E-state index >= 15 is 0 Å². The maximum Gasteiger partial charge on any atom is 0.415 e. The van der Waals surface area contributed by atoms with E-state index in [0.29, 0.717) is 37.5 Å². The van der Waals surface area contributed by atoms with Gasteiger partial charge >= 0.3 is 12.1 Å². The van der Waals surface area contributed by atoms with Crippen LogP contribution >= 0.6 is 0 Å². The molecule has 0 bridgehead atoms. The molecule has 1 aliphatic rings. The van der Waals surface area contributed by atoms with E-state index in [4.69, 9.17) is 4.74 Å². The van der Waals surface area contributed by atoms with Crippen molar-refractivity contribution in [1.82, 2.24) is 14.9 Å². The smallest absolute Gasteiger partial charge is 0.415 e. The normalized spacial score (nSPS) is 13.8. The number of carboxylic acid groups (broad SMARTS) is 1. The molecule has 0 aliphatic carbocycles. The maximum absolute atomic E-state index is 13.5. The van der Waals surface area contributed by atoms with Gasteiger partial charge in [-0.05, 0) is 68.7 Å². The van der Waals surface area contributed by atoms with Gasteiger partial charge < -0.3 is 25.0 Å². The fourth-order valence-corrected chi connectivity index (χ4v) is 5.80. The van der Waals surface area contributed by atoms with Gasteiger partial charge in [-0.2, -0.15) is 4.98 Å². The highest BCUT2D eigenvalue weighted by Gasteiger charge is 2.28. The Morgan fingerprint density at radius 3 is 2.28 bits per heavy atom. The highest BCUT2D eigenvalue weighted by Crippen LogP contribution is 2.30. The van der Waals surface area contributed by atoms with Crippen LogP contribution in [0, 0.1) is 5.82 Å². The third-order valence-electron chi connectivity index (χ3n) is 7.16. The number of carbonyl (C=O) groups excluding carboxylic acids is 1. The van der Waals surface area contributed by atoms with Crippen molar-refractivity contribution in [3.8, 4) is 5.75 Å². The number of hydrogen-bond acceptors (Lipinski definition) is 9. The number of anilines is 3. The number of carbonyl (C=O) groups is 2. The second-order valence-electron chi connectivity index (χ2n) is 9.95. The molecule has 4 rings (SSSR count). The lowest BCUT2D eigenvalue weighted by atomic mass is 10.1. The van der Waals surface area contributed by atoms with Gasteiger partial charge in [-0.1, -0.05) is 12.1 Å². The SMILES string of the molecule is CCN(CC)c1ncc(N(C)S(=O)(=O)c2ccc(F)cc2)c(N[C@@H](Cc2ccc(OC(=O)N3CCCC3)cc2)C(=O)O)n1. The number of benzene rings is 2. The summed E-state index contributed by atoms with van der Waals surface area (Å²) in [6, 6.07) is 9.68. The van der Waals surface area contributed by atoms with Crippen molar-refractivity contribution in [3.63, 3.8) is 0 Å². The van der Waals surface area contributed by atoms with E-state index < -0.39 is 33.9 Å². The Hall–Kier alpha value is -4.46. The third kappa shape index (κ3) is 7.49. The lowest BCUT2D eigenvalue weighted by Gasteiger charge is -2.26. The average molecular weight is 615 g/mol.